The molecule has 84 valence electrons. The van der Waals surface area contributed by atoms with Gasteiger partial charge in [0.05, 0.1) is 12.8 Å². The fourth-order valence-corrected chi connectivity index (χ4v) is 0.910. The molecule has 1 aromatic rings. The Kier molecular flexibility index (Phi) is 3.76. The summed E-state index contributed by atoms with van der Waals surface area (Å²) in [6.07, 6.45) is -1.70. The van der Waals surface area contributed by atoms with Gasteiger partial charge in [0.1, 0.15) is 0 Å². The van der Waals surface area contributed by atoms with Gasteiger partial charge in [-0.15, -0.1) is 0 Å². The molecule has 3 nitrogen and oxygen atoms in total. The third-order valence-corrected chi connectivity index (χ3v) is 1.44. The van der Waals surface area contributed by atoms with Crippen LogP contribution in [0.3, 0.4) is 0 Å². The third-order valence-electron chi connectivity index (χ3n) is 1.44. The Hall–Kier alpha value is -1.46. The number of aromatic nitrogens is 1. The summed E-state index contributed by atoms with van der Waals surface area (Å²) < 4.78 is 45.2. The van der Waals surface area contributed by atoms with Gasteiger partial charge in [0, 0.05) is 12.3 Å². The molecule has 1 heterocycles. The van der Waals surface area contributed by atoms with E-state index in [-0.39, 0.29) is 11.5 Å². The van der Waals surface area contributed by atoms with E-state index in [0.29, 0.717) is 6.61 Å². The van der Waals surface area contributed by atoms with Gasteiger partial charge in [-0.3, -0.25) is 4.98 Å². The minimum absolute atomic E-state index is 0.0455. The Labute approximate surface area is 84.8 Å². The highest BCUT2D eigenvalue weighted by molar-refractivity contribution is 5.36. The van der Waals surface area contributed by atoms with E-state index >= 15 is 0 Å². The molecule has 0 radical (unpaired) electrons. The number of pyridine rings is 1. The fraction of sp³-hybridized carbons (Fsp3) is 0.444. The second-order valence-corrected chi connectivity index (χ2v) is 2.66. The topological polar surface area (TPSA) is 31.4 Å². The highest BCUT2D eigenvalue weighted by Gasteiger charge is 2.28. The first-order chi connectivity index (χ1) is 7.03. The van der Waals surface area contributed by atoms with Gasteiger partial charge in [-0.1, -0.05) is 0 Å². The SMILES string of the molecule is CCOc1cnccc1OCC(F)(F)F. The molecule has 15 heavy (non-hydrogen) atoms. The molecule has 0 aliphatic heterocycles. The van der Waals surface area contributed by atoms with E-state index in [4.69, 9.17) is 4.74 Å². The van der Waals surface area contributed by atoms with Crippen LogP contribution in [-0.4, -0.2) is 24.4 Å². The smallest absolute Gasteiger partial charge is 0.422 e. The number of alkyl halides is 3. The largest absolute Gasteiger partial charge is 0.488 e. The van der Waals surface area contributed by atoms with Gasteiger partial charge < -0.3 is 9.47 Å². The predicted molar refractivity (Wildman–Crippen MR) is 47.0 cm³/mol. The van der Waals surface area contributed by atoms with Crippen LogP contribution in [-0.2, 0) is 0 Å². The fourth-order valence-electron chi connectivity index (χ4n) is 0.910. The summed E-state index contributed by atoms with van der Waals surface area (Å²) in [6, 6.07) is 1.33. The molecule has 0 atom stereocenters. The van der Waals surface area contributed by atoms with Gasteiger partial charge in [-0.2, -0.15) is 13.2 Å². The summed E-state index contributed by atoms with van der Waals surface area (Å²) in [5.74, 6) is 0.258. The Morgan fingerprint density at radius 3 is 2.60 bits per heavy atom. The van der Waals surface area contributed by atoms with E-state index in [1.165, 1.54) is 18.5 Å². The second-order valence-electron chi connectivity index (χ2n) is 2.66. The molecule has 0 aliphatic carbocycles. The van der Waals surface area contributed by atoms with Crippen LogP contribution in [0, 0.1) is 0 Å². The summed E-state index contributed by atoms with van der Waals surface area (Å²) in [5.41, 5.74) is 0. The molecule has 0 saturated carbocycles. The lowest BCUT2D eigenvalue weighted by Gasteiger charge is -2.12. The summed E-state index contributed by atoms with van der Waals surface area (Å²) in [5, 5.41) is 0. The zero-order valence-corrected chi connectivity index (χ0v) is 8.04. The van der Waals surface area contributed by atoms with Crippen LogP contribution in [0.25, 0.3) is 0 Å². The van der Waals surface area contributed by atoms with Gasteiger partial charge in [-0.25, -0.2) is 0 Å². The van der Waals surface area contributed by atoms with E-state index in [1.54, 1.807) is 6.92 Å². The van der Waals surface area contributed by atoms with E-state index in [1.807, 2.05) is 0 Å². The average molecular weight is 221 g/mol. The van der Waals surface area contributed by atoms with Crippen molar-refractivity contribution in [3.8, 4) is 11.5 Å². The number of nitrogens with zero attached hydrogens (tertiary/aromatic N) is 1. The minimum Gasteiger partial charge on any atom is -0.488 e. The normalized spacial score (nSPS) is 11.2. The number of hydrogen-bond acceptors (Lipinski definition) is 3. The minimum atomic E-state index is -4.35. The molecule has 0 spiro atoms. The Morgan fingerprint density at radius 1 is 1.27 bits per heavy atom. The summed E-state index contributed by atoms with van der Waals surface area (Å²) in [7, 11) is 0. The van der Waals surface area contributed by atoms with Crippen molar-refractivity contribution in [1.29, 1.82) is 0 Å². The lowest BCUT2D eigenvalue weighted by molar-refractivity contribution is -0.153. The summed E-state index contributed by atoms with van der Waals surface area (Å²) in [4.78, 5) is 3.72. The van der Waals surface area contributed by atoms with Crippen molar-refractivity contribution in [2.45, 2.75) is 13.1 Å². The lowest BCUT2D eigenvalue weighted by atomic mass is 10.4. The monoisotopic (exact) mass is 221 g/mol. The van der Waals surface area contributed by atoms with E-state index in [9.17, 15) is 13.2 Å². The molecule has 0 N–H and O–H groups in total. The Balaban J connectivity index is 2.67. The van der Waals surface area contributed by atoms with Crippen LogP contribution in [0.2, 0.25) is 0 Å². The van der Waals surface area contributed by atoms with Gasteiger partial charge in [-0.05, 0) is 6.92 Å². The van der Waals surface area contributed by atoms with Crippen molar-refractivity contribution in [2.75, 3.05) is 13.2 Å². The van der Waals surface area contributed by atoms with Crippen molar-refractivity contribution in [2.24, 2.45) is 0 Å². The number of hydrogen-bond donors (Lipinski definition) is 0. The van der Waals surface area contributed by atoms with Gasteiger partial charge in [0.25, 0.3) is 0 Å². The van der Waals surface area contributed by atoms with Gasteiger partial charge in [0.2, 0.25) is 0 Å². The van der Waals surface area contributed by atoms with Crippen LogP contribution < -0.4 is 9.47 Å². The molecule has 0 aliphatic rings. The molecule has 6 heteroatoms. The lowest BCUT2D eigenvalue weighted by Crippen LogP contribution is -2.19. The molecule has 1 aromatic heterocycles. The third kappa shape index (κ3) is 4.05. The van der Waals surface area contributed by atoms with Gasteiger partial charge in [0.15, 0.2) is 18.1 Å². The molecule has 1 rings (SSSR count). The van der Waals surface area contributed by atoms with Crippen LogP contribution in [0.1, 0.15) is 6.92 Å². The molecule has 0 bridgehead atoms. The Bertz CT molecular complexity index is 314. The first-order valence-electron chi connectivity index (χ1n) is 4.29. The maximum atomic E-state index is 11.9. The molecular formula is C9H10F3NO2. The van der Waals surface area contributed by atoms with Crippen LogP contribution in [0.5, 0.6) is 11.5 Å². The highest BCUT2D eigenvalue weighted by Crippen LogP contribution is 2.27. The standard InChI is InChI=1S/C9H10F3NO2/c1-2-14-8-5-13-4-3-7(8)15-6-9(10,11)12/h3-5H,2,6H2,1H3. The number of halogens is 3. The summed E-state index contributed by atoms with van der Waals surface area (Å²) in [6.45, 7) is 0.728. The average Bonchev–Trinajstić information content (AvgIpc) is 2.16. The van der Waals surface area contributed by atoms with E-state index in [0.717, 1.165) is 0 Å². The van der Waals surface area contributed by atoms with Crippen molar-refractivity contribution in [3.05, 3.63) is 18.5 Å². The van der Waals surface area contributed by atoms with Crippen molar-refractivity contribution in [1.82, 2.24) is 4.98 Å². The van der Waals surface area contributed by atoms with E-state index in [2.05, 4.69) is 9.72 Å². The zero-order chi connectivity index (χ0) is 11.3. The molecule has 0 fully saturated rings. The second kappa shape index (κ2) is 4.86. The van der Waals surface area contributed by atoms with Crippen molar-refractivity contribution >= 4 is 0 Å². The highest BCUT2D eigenvalue weighted by atomic mass is 19.4. The van der Waals surface area contributed by atoms with Crippen LogP contribution >= 0.6 is 0 Å². The molecular weight excluding hydrogens is 211 g/mol. The van der Waals surface area contributed by atoms with Crippen molar-refractivity contribution in [3.63, 3.8) is 0 Å². The van der Waals surface area contributed by atoms with Crippen LogP contribution in [0.15, 0.2) is 18.5 Å². The first kappa shape index (κ1) is 11.6. The quantitative estimate of drug-likeness (QED) is 0.782. The van der Waals surface area contributed by atoms with Crippen molar-refractivity contribution < 1.29 is 22.6 Å². The maximum absolute atomic E-state index is 11.9. The molecule has 0 unspecified atom stereocenters. The first-order valence-corrected chi connectivity index (χ1v) is 4.29. The molecule has 0 amide bonds. The maximum Gasteiger partial charge on any atom is 0.422 e. The van der Waals surface area contributed by atoms with Gasteiger partial charge >= 0.3 is 6.18 Å². The summed E-state index contributed by atoms with van der Waals surface area (Å²) >= 11 is 0. The molecule has 0 aromatic carbocycles. The predicted octanol–water partition coefficient (Wildman–Crippen LogP) is 2.42. The zero-order valence-electron chi connectivity index (χ0n) is 8.04. The van der Waals surface area contributed by atoms with E-state index < -0.39 is 12.8 Å². The number of rotatable bonds is 4. The molecule has 0 saturated heterocycles. The number of ether oxygens (including phenoxy) is 2. The van der Waals surface area contributed by atoms with Crippen LogP contribution in [0.4, 0.5) is 13.2 Å². The Morgan fingerprint density at radius 2 is 2.00 bits per heavy atom.